The van der Waals surface area contributed by atoms with E-state index in [1.807, 2.05) is 0 Å². The van der Waals surface area contributed by atoms with Gasteiger partial charge in [0.2, 0.25) is 0 Å². The van der Waals surface area contributed by atoms with Gasteiger partial charge in [0, 0.05) is 39.3 Å². The van der Waals surface area contributed by atoms with Gasteiger partial charge in [-0.1, -0.05) is 0 Å². The van der Waals surface area contributed by atoms with Crippen LogP contribution in [0.4, 0.5) is 0 Å². The van der Waals surface area contributed by atoms with E-state index in [1.54, 1.807) is 0 Å². The molecule has 3 aliphatic rings. The maximum absolute atomic E-state index is 4.41. The van der Waals surface area contributed by atoms with Gasteiger partial charge in [0.15, 0.2) is 0 Å². The predicted molar refractivity (Wildman–Crippen MR) is 144 cm³/mol. The van der Waals surface area contributed by atoms with Gasteiger partial charge in [-0.05, 0) is 81.6 Å². The zero-order valence-electron chi connectivity index (χ0n) is 25.4. The van der Waals surface area contributed by atoms with Crippen LogP contribution in [0, 0.1) is 0 Å². The molecule has 0 radical (unpaired) electrons. The van der Waals surface area contributed by atoms with Crippen molar-refractivity contribution in [2.24, 2.45) is 0 Å². The van der Waals surface area contributed by atoms with Gasteiger partial charge < -0.3 is 82.6 Å². The van der Waals surface area contributed by atoms with Crippen LogP contribution < -0.4 is 37.2 Å². The van der Waals surface area contributed by atoms with Crippen molar-refractivity contribution >= 4 is 0 Å². The van der Waals surface area contributed by atoms with Gasteiger partial charge in [0.1, 0.15) is 0 Å². The van der Waals surface area contributed by atoms with Crippen LogP contribution in [-0.4, -0.2) is 189 Å². The van der Waals surface area contributed by atoms with E-state index in [0.717, 1.165) is 78.5 Å². The van der Waals surface area contributed by atoms with Gasteiger partial charge >= 0.3 is 65.2 Å². The summed E-state index contributed by atoms with van der Waals surface area (Å²) in [5.41, 5.74) is 0. The first-order valence-corrected chi connectivity index (χ1v) is 12.9. The summed E-state index contributed by atoms with van der Waals surface area (Å²) in [5, 5.41) is 13.2. The Morgan fingerprint density at radius 2 is 0.410 bits per heavy atom. The van der Waals surface area contributed by atoms with Gasteiger partial charge in [-0.25, -0.2) is 0 Å². The van der Waals surface area contributed by atoms with Crippen LogP contribution >= 0.6 is 0 Å². The number of hydrogen-bond acceptors (Lipinski definition) is 6. The summed E-state index contributed by atoms with van der Waals surface area (Å²) >= 11 is 0. The van der Waals surface area contributed by atoms with E-state index in [9.17, 15) is 0 Å². The van der Waals surface area contributed by atoms with E-state index in [4.69, 9.17) is 0 Å². The molecule has 0 aromatic heterocycles. The van der Waals surface area contributed by atoms with Crippen molar-refractivity contribution in [3.05, 3.63) is 16.0 Å². The Morgan fingerprint density at radius 1 is 0.282 bits per heavy atom. The Balaban J connectivity index is -0.0000000972. The van der Waals surface area contributed by atoms with E-state index in [1.165, 1.54) is 39.3 Å². The average Bonchev–Trinajstić information content (AvgIpc) is 3.00. The fourth-order valence-corrected chi connectivity index (χ4v) is 3.48. The molecule has 3 aliphatic heterocycles. The van der Waals surface area contributed by atoms with E-state index >= 15 is 0 Å². The summed E-state index contributed by atoms with van der Waals surface area (Å²) in [6.45, 7) is 19.8. The van der Waals surface area contributed by atoms with Crippen molar-refractivity contribution in [1.82, 2.24) is 29.4 Å². The molecule has 0 spiro atoms. The Bertz CT molecular complexity index is 373. The van der Waals surface area contributed by atoms with Crippen LogP contribution in [0.3, 0.4) is 0 Å². The van der Waals surface area contributed by atoms with E-state index in [0.29, 0.717) is 0 Å². The molecule has 9 nitrogen and oxygen atoms in total. The maximum Gasteiger partial charge on any atom is 2.00 e. The zero-order chi connectivity index (χ0) is 24.3. The molecule has 15 heteroatoms. The van der Waals surface area contributed by atoms with Crippen molar-refractivity contribution < 1.29 is 102 Å². The third-order valence-electron chi connectivity index (χ3n) is 6.43. The topological polar surface area (TPSA) is 61.7 Å². The van der Waals surface area contributed by atoms with Gasteiger partial charge in [-0.2, -0.15) is 0 Å². The summed E-state index contributed by atoms with van der Waals surface area (Å²) in [5.74, 6) is 0. The smallest absolute Gasteiger partial charge is 1.00 e. The van der Waals surface area contributed by atoms with Crippen molar-refractivity contribution in [1.29, 1.82) is 0 Å². The molecule has 3 heterocycles. The van der Waals surface area contributed by atoms with E-state index < -0.39 is 0 Å². The number of likely N-dealkylation sites (N-methyl/N-ethyl adjacent to an activating group) is 6. The minimum absolute atomic E-state index is 0. The van der Waals surface area contributed by atoms with Crippen molar-refractivity contribution in [3.8, 4) is 0 Å². The molecule has 0 atom stereocenters. The van der Waals surface area contributed by atoms with Crippen LogP contribution in [0.1, 0.15) is 0 Å². The van der Waals surface area contributed by atoms with Crippen LogP contribution in [0.25, 0.3) is 16.0 Å². The summed E-state index contributed by atoms with van der Waals surface area (Å²) in [6, 6.07) is 0. The second kappa shape index (κ2) is 36.8. The summed E-state index contributed by atoms with van der Waals surface area (Å²) in [4.78, 5) is 14.0. The molecular formula is C24H54Cl3N9Ti3. The van der Waals surface area contributed by atoms with Crippen molar-refractivity contribution in [2.75, 3.05) is 160 Å². The minimum Gasteiger partial charge on any atom is -1.00 e. The number of rotatable bonds is 0. The third kappa shape index (κ3) is 35.0. The monoisotopic (exact) mass is 717 g/mol. The Morgan fingerprint density at radius 3 is 0.538 bits per heavy atom. The summed E-state index contributed by atoms with van der Waals surface area (Å²) in [7, 11) is 13.0. The second-order valence-electron chi connectivity index (χ2n) is 9.83. The second-order valence-corrected chi connectivity index (χ2v) is 9.83. The number of halogens is 3. The molecule has 0 amide bonds. The summed E-state index contributed by atoms with van der Waals surface area (Å²) < 4.78 is 0. The predicted octanol–water partition coefficient (Wildman–Crippen LogP) is -8.28. The third-order valence-corrected chi connectivity index (χ3v) is 6.43. The van der Waals surface area contributed by atoms with Crippen LogP contribution in [0.2, 0.25) is 0 Å². The molecule has 0 bridgehead atoms. The number of hydrogen-bond donors (Lipinski definition) is 0. The SMILES string of the molecule is CN1CC[N-]CCN(C)CC1.CN1CC[N-]CCN(C)CC1.CN1CC[N-]CCN(C)CC1.[Cl-].[Cl-].[Cl-].[Ti+2].[Ti+2].[Ti+2]. The summed E-state index contributed by atoms with van der Waals surface area (Å²) in [6.07, 6.45) is 0. The fourth-order valence-electron chi connectivity index (χ4n) is 3.48. The van der Waals surface area contributed by atoms with Crippen LogP contribution in [-0.2, 0) is 65.2 Å². The van der Waals surface area contributed by atoms with Crippen LogP contribution in [0.15, 0.2) is 0 Å². The largest absolute Gasteiger partial charge is 2.00 e. The van der Waals surface area contributed by atoms with Crippen molar-refractivity contribution in [3.63, 3.8) is 0 Å². The van der Waals surface area contributed by atoms with Crippen molar-refractivity contribution in [2.45, 2.75) is 0 Å². The molecule has 3 saturated heterocycles. The van der Waals surface area contributed by atoms with Crippen LogP contribution in [0.5, 0.6) is 0 Å². The molecule has 3 fully saturated rings. The fraction of sp³-hybridized carbons (Fsp3) is 1.00. The molecule has 39 heavy (non-hydrogen) atoms. The molecule has 228 valence electrons. The minimum atomic E-state index is 0. The molecule has 0 N–H and O–H groups in total. The van der Waals surface area contributed by atoms with Gasteiger partial charge in [-0.3, -0.25) is 0 Å². The number of nitrogens with zero attached hydrogens (tertiary/aromatic N) is 9. The maximum atomic E-state index is 4.41. The molecule has 3 rings (SSSR count). The standard InChI is InChI=1S/3C8H18N3.3ClH.3Ti/c3*1-10-5-3-9-4-6-11(2)8-7-10;;;;;;/h3*3-8H2,1-2H3;3*1H;;;/q3*-1;;;;3*+2/p-3. The molecule has 0 saturated carbocycles. The first-order chi connectivity index (χ1) is 15.9. The molecule has 0 unspecified atom stereocenters. The molecular weight excluding hydrogens is 664 g/mol. The van der Waals surface area contributed by atoms with Gasteiger partial charge in [0.25, 0.3) is 0 Å². The Kier molecular flexibility index (Phi) is 51.2. The van der Waals surface area contributed by atoms with E-state index in [-0.39, 0.29) is 102 Å². The van der Waals surface area contributed by atoms with Gasteiger partial charge in [-0.15, -0.1) is 39.3 Å². The first-order valence-electron chi connectivity index (χ1n) is 12.9. The quantitative estimate of drug-likeness (QED) is 0.232. The molecule has 0 aromatic carbocycles. The normalized spacial score (nSPS) is 21.7. The Labute approximate surface area is 305 Å². The van der Waals surface area contributed by atoms with Gasteiger partial charge in [0.05, 0.1) is 0 Å². The average molecular weight is 719 g/mol. The van der Waals surface area contributed by atoms with E-state index in [2.05, 4.69) is 87.6 Å². The molecule has 0 aromatic rings. The molecule has 0 aliphatic carbocycles. The first kappa shape index (κ1) is 54.2. The zero-order valence-corrected chi connectivity index (χ0v) is 32.3. The Hall–Kier alpha value is 2.65.